The Labute approximate surface area is 104 Å². The molecule has 16 heavy (non-hydrogen) atoms. The third kappa shape index (κ3) is 4.58. The lowest BCUT2D eigenvalue weighted by atomic mass is 9.96. The van der Waals surface area contributed by atoms with Crippen LogP contribution in [-0.2, 0) is 0 Å². The zero-order chi connectivity index (χ0) is 12.2. The predicted octanol–water partition coefficient (Wildman–Crippen LogP) is 4.11. The fraction of sp³-hybridized carbons (Fsp3) is 0.571. The Balaban J connectivity index is 2.56. The third-order valence-corrected chi connectivity index (χ3v) is 3.30. The first-order chi connectivity index (χ1) is 7.42. The summed E-state index contributed by atoms with van der Waals surface area (Å²) in [6, 6.07) is 9.23. The van der Waals surface area contributed by atoms with Crippen LogP contribution >= 0.6 is 11.8 Å². The van der Waals surface area contributed by atoms with Gasteiger partial charge in [-0.15, -0.1) is 11.8 Å². The number of nitrogens with one attached hydrogen (secondary N) is 1. The van der Waals surface area contributed by atoms with E-state index in [0.717, 1.165) is 6.54 Å². The van der Waals surface area contributed by atoms with Crippen molar-refractivity contribution >= 4 is 11.8 Å². The van der Waals surface area contributed by atoms with Gasteiger partial charge in [0.2, 0.25) is 0 Å². The summed E-state index contributed by atoms with van der Waals surface area (Å²) in [6.45, 7) is 10.0. The first-order valence-electron chi connectivity index (χ1n) is 5.80. The summed E-state index contributed by atoms with van der Waals surface area (Å²) in [5, 5.41) is 3.57. The molecule has 0 aromatic heterocycles. The minimum Gasteiger partial charge on any atom is -0.310 e. The van der Waals surface area contributed by atoms with E-state index in [4.69, 9.17) is 0 Å². The zero-order valence-electron chi connectivity index (χ0n) is 11.0. The largest absolute Gasteiger partial charge is 0.310 e. The van der Waals surface area contributed by atoms with Crippen LogP contribution in [0, 0.1) is 5.41 Å². The minimum atomic E-state index is 0.341. The van der Waals surface area contributed by atoms with Gasteiger partial charge in [-0.3, -0.25) is 0 Å². The van der Waals surface area contributed by atoms with Gasteiger partial charge in [0.25, 0.3) is 0 Å². The summed E-state index contributed by atoms with van der Waals surface area (Å²) >= 11 is 1.79. The minimum absolute atomic E-state index is 0.341. The molecule has 0 aliphatic heterocycles. The van der Waals surface area contributed by atoms with Crippen LogP contribution in [0.15, 0.2) is 29.2 Å². The lowest BCUT2D eigenvalue weighted by molar-refractivity contribution is 0.359. The fourth-order valence-corrected chi connectivity index (χ4v) is 1.88. The van der Waals surface area contributed by atoms with Gasteiger partial charge in [0, 0.05) is 17.5 Å². The van der Waals surface area contributed by atoms with E-state index in [1.807, 2.05) is 0 Å². The molecule has 1 rings (SSSR count). The van der Waals surface area contributed by atoms with Gasteiger partial charge < -0.3 is 5.32 Å². The van der Waals surface area contributed by atoms with Crippen molar-refractivity contribution < 1.29 is 0 Å². The van der Waals surface area contributed by atoms with Gasteiger partial charge >= 0.3 is 0 Å². The average Bonchev–Trinajstić information content (AvgIpc) is 2.25. The van der Waals surface area contributed by atoms with Gasteiger partial charge in [0.15, 0.2) is 0 Å². The molecule has 0 saturated carbocycles. The van der Waals surface area contributed by atoms with Crippen LogP contribution in [0.1, 0.15) is 39.3 Å². The van der Waals surface area contributed by atoms with Crippen molar-refractivity contribution in [3.05, 3.63) is 29.8 Å². The Kier molecular flexibility index (Phi) is 4.88. The molecule has 1 nitrogen and oxygen atoms in total. The summed E-state index contributed by atoms with van der Waals surface area (Å²) in [4.78, 5) is 1.33. The summed E-state index contributed by atoms with van der Waals surface area (Å²) in [5.74, 6) is 0. The quantitative estimate of drug-likeness (QED) is 0.791. The van der Waals surface area contributed by atoms with Gasteiger partial charge in [0.1, 0.15) is 0 Å². The fourth-order valence-electron chi connectivity index (χ4n) is 1.47. The van der Waals surface area contributed by atoms with Crippen LogP contribution in [0.5, 0.6) is 0 Å². The number of rotatable bonds is 4. The highest BCUT2D eigenvalue weighted by molar-refractivity contribution is 7.98. The Morgan fingerprint density at radius 2 is 1.75 bits per heavy atom. The first kappa shape index (κ1) is 13.6. The molecule has 0 fully saturated rings. The molecule has 0 radical (unpaired) electrons. The molecular formula is C14H23NS. The van der Waals surface area contributed by atoms with Crippen molar-refractivity contribution in [2.45, 2.75) is 38.6 Å². The lowest BCUT2D eigenvalue weighted by Crippen LogP contribution is -2.29. The normalized spacial score (nSPS) is 13.8. The van der Waals surface area contributed by atoms with E-state index in [1.54, 1.807) is 11.8 Å². The van der Waals surface area contributed by atoms with Crippen molar-refractivity contribution in [1.82, 2.24) is 5.32 Å². The standard InChI is InChI=1S/C14H23NS/c1-11(15-10-14(2,3)4)12-6-8-13(16-5)9-7-12/h6-9,11,15H,10H2,1-5H3. The molecule has 90 valence electrons. The molecule has 1 N–H and O–H groups in total. The predicted molar refractivity (Wildman–Crippen MR) is 74.1 cm³/mol. The topological polar surface area (TPSA) is 12.0 Å². The number of thioether (sulfide) groups is 1. The van der Waals surface area contributed by atoms with Crippen LogP contribution in [0.3, 0.4) is 0 Å². The highest BCUT2D eigenvalue weighted by Gasteiger charge is 2.12. The van der Waals surface area contributed by atoms with E-state index in [9.17, 15) is 0 Å². The second-order valence-electron chi connectivity index (χ2n) is 5.44. The monoisotopic (exact) mass is 237 g/mol. The Bertz CT molecular complexity index is 311. The molecule has 0 saturated heterocycles. The van der Waals surface area contributed by atoms with Gasteiger partial charge in [0.05, 0.1) is 0 Å². The van der Waals surface area contributed by atoms with Gasteiger partial charge in [-0.2, -0.15) is 0 Å². The molecule has 0 aliphatic rings. The molecule has 1 atom stereocenters. The summed E-state index contributed by atoms with van der Waals surface area (Å²) in [7, 11) is 0. The molecule has 2 heteroatoms. The highest BCUT2D eigenvalue weighted by Crippen LogP contribution is 2.20. The van der Waals surface area contributed by atoms with E-state index < -0.39 is 0 Å². The molecule has 1 aromatic rings. The van der Waals surface area contributed by atoms with Crippen LogP contribution in [0.4, 0.5) is 0 Å². The number of hydrogen-bond donors (Lipinski definition) is 1. The van der Waals surface area contributed by atoms with Crippen LogP contribution in [-0.4, -0.2) is 12.8 Å². The van der Waals surface area contributed by atoms with Crippen molar-refractivity contribution in [3.63, 3.8) is 0 Å². The second kappa shape index (κ2) is 5.74. The molecule has 0 heterocycles. The van der Waals surface area contributed by atoms with Crippen molar-refractivity contribution in [2.75, 3.05) is 12.8 Å². The van der Waals surface area contributed by atoms with Crippen molar-refractivity contribution in [2.24, 2.45) is 5.41 Å². The van der Waals surface area contributed by atoms with Crippen LogP contribution in [0.2, 0.25) is 0 Å². The van der Waals surface area contributed by atoms with Crippen LogP contribution < -0.4 is 5.32 Å². The van der Waals surface area contributed by atoms with E-state index >= 15 is 0 Å². The third-order valence-electron chi connectivity index (χ3n) is 2.55. The Morgan fingerprint density at radius 1 is 1.19 bits per heavy atom. The summed E-state index contributed by atoms with van der Waals surface area (Å²) in [6.07, 6.45) is 2.11. The highest BCUT2D eigenvalue weighted by atomic mass is 32.2. The molecule has 0 amide bonds. The van der Waals surface area contributed by atoms with Gasteiger partial charge in [-0.05, 0) is 36.3 Å². The van der Waals surface area contributed by atoms with E-state index in [2.05, 4.69) is 63.5 Å². The summed E-state index contributed by atoms with van der Waals surface area (Å²) < 4.78 is 0. The Hall–Kier alpha value is -0.470. The van der Waals surface area contributed by atoms with E-state index in [-0.39, 0.29) is 0 Å². The van der Waals surface area contributed by atoms with E-state index in [1.165, 1.54) is 10.5 Å². The molecule has 1 aromatic carbocycles. The Morgan fingerprint density at radius 3 is 2.19 bits per heavy atom. The number of benzene rings is 1. The zero-order valence-corrected chi connectivity index (χ0v) is 11.8. The molecule has 0 aliphatic carbocycles. The van der Waals surface area contributed by atoms with Crippen molar-refractivity contribution in [1.29, 1.82) is 0 Å². The average molecular weight is 237 g/mol. The van der Waals surface area contributed by atoms with E-state index in [0.29, 0.717) is 11.5 Å². The molecular weight excluding hydrogens is 214 g/mol. The first-order valence-corrected chi connectivity index (χ1v) is 7.02. The van der Waals surface area contributed by atoms with Crippen LogP contribution in [0.25, 0.3) is 0 Å². The smallest absolute Gasteiger partial charge is 0.0292 e. The second-order valence-corrected chi connectivity index (χ2v) is 6.32. The SMILES string of the molecule is CSc1ccc(C(C)NCC(C)(C)C)cc1. The maximum absolute atomic E-state index is 3.57. The maximum atomic E-state index is 3.57. The lowest BCUT2D eigenvalue weighted by Gasteiger charge is -2.23. The number of hydrogen-bond acceptors (Lipinski definition) is 2. The molecule has 1 unspecified atom stereocenters. The molecule has 0 bridgehead atoms. The molecule has 0 spiro atoms. The van der Waals surface area contributed by atoms with Gasteiger partial charge in [-0.25, -0.2) is 0 Å². The van der Waals surface area contributed by atoms with Crippen molar-refractivity contribution in [3.8, 4) is 0 Å². The summed E-state index contributed by atoms with van der Waals surface area (Å²) in [5.41, 5.74) is 1.70. The van der Waals surface area contributed by atoms with Gasteiger partial charge in [-0.1, -0.05) is 32.9 Å². The maximum Gasteiger partial charge on any atom is 0.0292 e.